The van der Waals surface area contributed by atoms with E-state index >= 15 is 0 Å². The second kappa shape index (κ2) is 4.82. The average molecular weight is 287 g/mol. The molecule has 1 aliphatic rings. The van der Waals surface area contributed by atoms with Crippen LogP contribution in [-0.4, -0.2) is 24.5 Å². The molecule has 2 rings (SSSR count). The molecule has 2 unspecified atom stereocenters. The third-order valence-electron chi connectivity index (χ3n) is 3.21. The summed E-state index contributed by atoms with van der Waals surface area (Å²) in [6, 6.07) is 5.51. The molecule has 1 saturated heterocycles. The van der Waals surface area contributed by atoms with Gasteiger partial charge in [-0.25, -0.2) is 4.39 Å². The topological polar surface area (TPSA) is 29.3 Å². The lowest BCUT2D eigenvalue weighted by molar-refractivity contribution is 0.162. The van der Waals surface area contributed by atoms with Crippen molar-refractivity contribution in [2.24, 2.45) is 5.73 Å². The average Bonchev–Trinajstić information content (AvgIpc) is 2.23. The van der Waals surface area contributed by atoms with Crippen molar-refractivity contribution >= 4 is 15.9 Å². The zero-order chi connectivity index (χ0) is 11.7. The van der Waals surface area contributed by atoms with Gasteiger partial charge in [-0.3, -0.25) is 4.90 Å². The van der Waals surface area contributed by atoms with Gasteiger partial charge in [0.1, 0.15) is 5.82 Å². The fraction of sp³-hybridized carbons (Fsp3) is 0.500. The van der Waals surface area contributed by atoms with Crippen molar-refractivity contribution in [1.82, 2.24) is 4.90 Å². The first-order valence-electron chi connectivity index (χ1n) is 5.50. The van der Waals surface area contributed by atoms with E-state index in [1.54, 1.807) is 12.1 Å². The van der Waals surface area contributed by atoms with Crippen molar-refractivity contribution in [3.05, 3.63) is 34.1 Å². The Kier molecular flexibility index (Phi) is 3.62. The predicted octanol–water partition coefficient (Wildman–Crippen LogP) is 2.68. The number of hydrogen-bond donors (Lipinski definition) is 1. The Morgan fingerprint density at radius 3 is 2.88 bits per heavy atom. The van der Waals surface area contributed by atoms with Crippen LogP contribution in [0.1, 0.15) is 24.4 Å². The van der Waals surface area contributed by atoms with Crippen LogP contribution in [0.2, 0.25) is 0 Å². The highest BCUT2D eigenvalue weighted by atomic mass is 79.9. The summed E-state index contributed by atoms with van der Waals surface area (Å²) in [5.41, 5.74) is 7.08. The summed E-state index contributed by atoms with van der Waals surface area (Å²) < 4.78 is 14.0. The van der Waals surface area contributed by atoms with Gasteiger partial charge in [-0.15, -0.1) is 0 Å². The van der Waals surface area contributed by atoms with E-state index in [0.29, 0.717) is 4.47 Å². The van der Waals surface area contributed by atoms with Gasteiger partial charge < -0.3 is 5.73 Å². The monoisotopic (exact) mass is 286 g/mol. The van der Waals surface area contributed by atoms with E-state index in [1.807, 2.05) is 13.1 Å². The maximum Gasteiger partial charge on any atom is 0.137 e. The Hall–Kier alpha value is -0.450. The van der Waals surface area contributed by atoms with Crippen LogP contribution < -0.4 is 5.73 Å². The molecule has 0 aromatic heterocycles. The molecule has 0 saturated carbocycles. The van der Waals surface area contributed by atoms with Crippen LogP contribution in [0.15, 0.2) is 22.7 Å². The second-order valence-corrected chi connectivity index (χ2v) is 5.26. The number of halogens is 2. The molecule has 1 heterocycles. The van der Waals surface area contributed by atoms with Crippen molar-refractivity contribution in [3.63, 3.8) is 0 Å². The number of rotatable bonds is 1. The Labute approximate surface area is 104 Å². The van der Waals surface area contributed by atoms with Crippen molar-refractivity contribution in [2.75, 3.05) is 13.6 Å². The number of nitrogens with zero attached hydrogens (tertiary/aromatic N) is 1. The molecular formula is C12H16BrFN2. The molecule has 1 aliphatic heterocycles. The standard InChI is InChI=1S/C12H16BrFN2/c1-16-6-2-3-11(15)12(16)8-4-5-9(13)10(14)7-8/h4-5,7,11-12H,2-3,6,15H2,1H3. The Morgan fingerprint density at radius 2 is 2.25 bits per heavy atom. The highest BCUT2D eigenvalue weighted by molar-refractivity contribution is 9.10. The molecule has 0 bridgehead atoms. The zero-order valence-corrected chi connectivity index (χ0v) is 10.9. The van der Waals surface area contributed by atoms with Crippen LogP contribution in [0, 0.1) is 5.82 Å². The molecule has 0 amide bonds. The van der Waals surface area contributed by atoms with Gasteiger partial charge in [0.2, 0.25) is 0 Å². The van der Waals surface area contributed by atoms with E-state index in [2.05, 4.69) is 20.8 Å². The molecule has 0 aliphatic carbocycles. The normalized spacial score (nSPS) is 27.0. The SMILES string of the molecule is CN1CCCC(N)C1c1ccc(Br)c(F)c1. The van der Waals surface area contributed by atoms with Crippen LogP contribution in [0.3, 0.4) is 0 Å². The first kappa shape index (κ1) is 12.0. The molecule has 2 nitrogen and oxygen atoms in total. The molecule has 4 heteroatoms. The van der Waals surface area contributed by atoms with Crippen LogP contribution in [0.25, 0.3) is 0 Å². The van der Waals surface area contributed by atoms with E-state index in [0.717, 1.165) is 24.9 Å². The molecule has 2 atom stereocenters. The Morgan fingerprint density at radius 1 is 1.50 bits per heavy atom. The molecule has 1 aromatic rings. The number of likely N-dealkylation sites (N-methyl/N-ethyl adjacent to an activating group) is 1. The van der Waals surface area contributed by atoms with Gasteiger partial charge in [-0.05, 0) is 60.1 Å². The number of benzene rings is 1. The maximum atomic E-state index is 13.5. The number of nitrogens with two attached hydrogens (primary N) is 1. The fourth-order valence-electron chi connectivity index (χ4n) is 2.40. The van der Waals surface area contributed by atoms with E-state index in [9.17, 15) is 4.39 Å². The highest BCUT2D eigenvalue weighted by Gasteiger charge is 2.28. The van der Waals surface area contributed by atoms with E-state index < -0.39 is 0 Å². The van der Waals surface area contributed by atoms with Gasteiger partial charge in [0.05, 0.1) is 4.47 Å². The summed E-state index contributed by atoms with van der Waals surface area (Å²) in [5, 5.41) is 0. The minimum Gasteiger partial charge on any atom is -0.326 e. The summed E-state index contributed by atoms with van der Waals surface area (Å²) in [6.07, 6.45) is 2.12. The van der Waals surface area contributed by atoms with E-state index in [1.165, 1.54) is 0 Å². The summed E-state index contributed by atoms with van der Waals surface area (Å²) in [4.78, 5) is 2.21. The van der Waals surface area contributed by atoms with Crippen molar-refractivity contribution in [3.8, 4) is 0 Å². The Bertz CT molecular complexity index is 373. The van der Waals surface area contributed by atoms with Crippen molar-refractivity contribution in [1.29, 1.82) is 0 Å². The van der Waals surface area contributed by atoms with E-state index in [4.69, 9.17) is 5.73 Å². The molecule has 0 spiro atoms. The lowest BCUT2D eigenvalue weighted by Gasteiger charge is -2.37. The van der Waals surface area contributed by atoms with Crippen molar-refractivity contribution in [2.45, 2.75) is 24.9 Å². The van der Waals surface area contributed by atoms with Gasteiger partial charge in [0, 0.05) is 12.1 Å². The van der Waals surface area contributed by atoms with Crippen LogP contribution in [-0.2, 0) is 0 Å². The lowest BCUT2D eigenvalue weighted by atomic mass is 9.91. The largest absolute Gasteiger partial charge is 0.326 e. The molecule has 16 heavy (non-hydrogen) atoms. The third-order valence-corrected chi connectivity index (χ3v) is 3.86. The van der Waals surface area contributed by atoms with Gasteiger partial charge in [0.15, 0.2) is 0 Å². The highest BCUT2D eigenvalue weighted by Crippen LogP contribution is 2.30. The van der Waals surface area contributed by atoms with Crippen LogP contribution in [0.5, 0.6) is 0 Å². The number of likely N-dealkylation sites (tertiary alicyclic amines) is 1. The molecular weight excluding hydrogens is 271 g/mol. The van der Waals surface area contributed by atoms with Crippen molar-refractivity contribution < 1.29 is 4.39 Å². The summed E-state index contributed by atoms with van der Waals surface area (Å²) in [7, 11) is 2.05. The first-order chi connectivity index (χ1) is 7.59. The summed E-state index contributed by atoms with van der Waals surface area (Å²) >= 11 is 3.16. The third kappa shape index (κ3) is 2.29. The van der Waals surface area contributed by atoms with Crippen LogP contribution in [0.4, 0.5) is 4.39 Å². The fourth-order valence-corrected chi connectivity index (χ4v) is 2.64. The molecule has 1 aromatic carbocycles. The van der Waals surface area contributed by atoms with Gasteiger partial charge in [-0.1, -0.05) is 6.07 Å². The minimum atomic E-state index is -0.219. The van der Waals surface area contributed by atoms with E-state index in [-0.39, 0.29) is 17.9 Å². The number of piperidine rings is 1. The first-order valence-corrected chi connectivity index (χ1v) is 6.29. The predicted molar refractivity (Wildman–Crippen MR) is 66.7 cm³/mol. The summed E-state index contributed by atoms with van der Waals surface area (Å²) in [6.45, 7) is 1.02. The smallest absolute Gasteiger partial charge is 0.137 e. The molecule has 2 N–H and O–H groups in total. The number of hydrogen-bond acceptors (Lipinski definition) is 2. The Balaban J connectivity index is 2.30. The minimum absolute atomic E-state index is 0.0966. The van der Waals surface area contributed by atoms with Gasteiger partial charge >= 0.3 is 0 Å². The van der Waals surface area contributed by atoms with Gasteiger partial charge in [0.25, 0.3) is 0 Å². The van der Waals surface area contributed by atoms with Crippen LogP contribution >= 0.6 is 15.9 Å². The molecule has 1 fully saturated rings. The quantitative estimate of drug-likeness (QED) is 0.860. The second-order valence-electron chi connectivity index (χ2n) is 4.41. The lowest BCUT2D eigenvalue weighted by Crippen LogP contribution is -2.43. The maximum absolute atomic E-state index is 13.5. The summed E-state index contributed by atoms with van der Waals surface area (Å²) in [5.74, 6) is -0.219. The molecule has 0 radical (unpaired) electrons. The van der Waals surface area contributed by atoms with Gasteiger partial charge in [-0.2, -0.15) is 0 Å². The zero-order valence-electron chi connectivity index (χ0n) is 9.29. The molecule has 88 valence electrons.